The number of carbonyl (C=O) groups excluding carboxylic acids is 1. The number of aromatic nitrogens is 4. The van der Waals surface area contributed by atoms with Gasteiger partial charge in [-0.1, -0.05) is 44.2 Å². The number of ether oxygens (including phenoxy) is 1. The number of rotatable bonds is 7. The summed E-state index contributed by atoms with van der Waals surface area (Å²) in [6.07, 6.45) is 2.43. The van der Waals surface area contributed by atoms with Crippen LogP contribution in [0.1, 0.15) is 43.0 Å². The van der Waals surface area contributed by atoms with Crippen LogP contribution < -0.4 is 10.6 Å². The lowest BCUT2D eigenvalue weighted by Crippen LogP contribution is -2.55. The van der Waals surface area contributed by atoms with Crippen molar-refractivity contribution in [2.75, 3.05) is 24.5 Å². The number of fused-ring (bicyclic) bond motifs is 2. The van der Waals surface area contributed by atoms with Crippen LogP contribution in [0.3, 0.4) is 0 Å². The maximum atomic E-state index is 16.3. The van der Waals surface area contributed by atoms with Crippen molar-refractivity contribution < 1.29 is 22.7 Å². The molecule has 0 spiro atoms. The Labute approximate surface area is 291 Å². The SMILES string of the molecule is Cc1ccnc(C(C)C)c1-n1c(=O)nc(N2CCN(C(=O)OCc3ccccc3)[C@@H](CC#N)C2)c2cc(F)c(-c3c(F)ccc4ccoc34)nc21. The molecule has 1 aliphatic heterocycles. The van der Waals surface area contributed by atoms with Crippen molar-refractivity contribution in [2.45, 2.75) is 45.8 Å². The summed E-state index contributed by atoms with van der Waals surface area (Å²) in [6.45, 7) is 6.20. The van der Waals surface area contributed by atoms with Gasteiger partial charge in [-0.25, -0.2) is 27.9 Å². The van der Waals surface area contributed by atoms with Gasteiger partial charge in [0.15, 0.2) is 11.5 Å². The van der Waals surface area contributed by atoms with Gasteiger partial charge in [-0.3, -0.25) is 4.98 Å². The predicted molar refractivity (Wildman–Crippen MR) is 186 cm³/mol. The van der Waals surface area contributed by atoms with E-state index in [0.717, 1.165) is 5.56 Å². The number of pyridine rings is 2. The van der Waals surface area contributed by atoms with Crippen LogP contribution in [-0.4, -0.2) is 56.2 Å². The molecule has 11 nitrogen and oxygen atoms in total. The molecule has 6 aromatic rings. The van der Waals surface area contributed by atoms with Crippen LogP contribution in [0.4, 0.5) is 19.4 Å². The molecule has 51 heavy (non-hydrogen) atoms. The molecule has 0 N–H and O–H groups in total. The lowest BCUT2D eigenvalue weighted by molar-refractivity contribution is 0.0768. The molecule has 0 aliphatic carbocycles. The number of amides is 1. The second kappa shape index (κ2) is 13.6. The van der Waals surface area contributed by atoms with E-state index in [1.807, 2.05) is 51.1 Å². The molecule has 0 radical (unpaired) electrons. The highest BCUT2D eigenvalue weighted by Crippen LogP contribution is 2.37. The topological polar surface area (TPSA) is 130 Å². The van der Waals surface area contributed by atoms with Crippen LogP contribution in [0.5, 0.6) is 0 Å². The summed E-state index contributed by atoms with van der Waals surface area (Å²) in [5.41, 5.74) is 1.47. The largest absolute Gasteiger partial charge is 0.464 e. The molecule has 4 aromatic heterocycles. The fraction of sp³-hybridized carbons (Fsp3) is 0.263. The standard InChI is InChI=1S/C38H33F2N7O4/c1-22(2)31-33(23(3)12-15-42-31)47-36-27(19-29(40)32(43-36)30-28(39)10-9-25-13-18-50-34(25)30)35(44-37(47)48)45-16-17-46(26(20-45)11-14-41)38(49)51-21-24-7-5-4-6-8-24/h4-10,12-13,15,18-19,22,26H,11,16-17,20-21H2,1-3H3/t26-/m0/s1. The van der Waals surface area contributed by atoms with Crippen molar-refractivity contribution in [3.63, 3.8) is 0 Å². The van der Waals surface area contributed by atoms with Gasteiger partial charge in [0.1, 0.15) is 29.5 Å². The zero-order valence-corrected chi connectivity index (χ0v) is 28.1. The molecule has 1 aliphatic rings. The number of anilines is 1. The van der Waals surface area contributed by atoms with Crippen LogP contribution in [0.2, 0.25) is 0 Å². The third-order valence-electron chi connectivity index (χ3n) is 9.08. The number of halogens is 2. The highest BCUT2D eigenvalue weighted by molar-refractivity contribution is 5.95. The van der Waals surface area contributed by atoms with E-state index in [-0.39, 0.29) is 72.3 Å². The van der Waals surface area contributed by atoms with E-state index in [4.69, 9.17) is 9.15 Å². The number of furan rings is 1. The Hall–Kier alpha value is -6.16. The van der Waals surface area contributed by atoms with Crippen LogP contribution in [0.25, 0.3) is 38.9 Å². The van der Waals surface area contributed by atoms with Gasteiger partial charge in [0.25, 0.3) is 0 Å². The number of nitriles is 1. The highest BCUT2D eigenvalue weighted by Gasteiger charge is 2.34. The minimum absolute atomic E-state index is 0.0260. The van der Waals surface area contributed by atoms with Gasteiger partial charge in [-0.05, 0) is 54.3 Å². The Kier molecular flexibility index (Phi) is 8.91. The molecule has 2 aromatic carbocycles. The van der Waals surface area contributed by atoms with E-state index in [1.165, 1.54) is 33.9 Å². The second-order valence-corrected chi connectivity index (χ2v) is 12.7. The highest BCUT2D eigenvalue weighted by atomic mass is 19.1. The second-order valence-electron chi connectivity index (χ2n) is 12.7. The normalized spacial score (nSPS) is 14.7. The summed E-state index contributed by atoms with van der Waals surface area (Å²) in [4.78, 5) is 44.4. The molecule has 0 bridgehead atoms. The van der Waals surface area contributed by atoms with Crippen molar-refractivity contribution in [2.24, 2.45) is 0 Å². The lowest BCUT2D eigenvalue weighted by Gasteiger charge is -2.40. The smallest absolute Gasteiger partial charge is 0.410 e. The molecule has 1 fully saturated rings. The molecule has 1 atom stereocenters. The van der Waals surface area contributed by atoms with Gasteiger partial charge in [0.2, 0.25) is 0 Å². The van der Waals surface area contributed by atoms with E-state index < -0.39 is 29.5 Å². The fourth-order valence-electron chi connectivity index (χ4n) is 6.61. The van der Waals surface area contributed by atoms with E-state index >= 15 is 8.78 Å². The van der Waals surface area contributed by atoms with Crippen molar-refractivity contribution in [1.82, 2.24) is 24.4 Å². The molecular weight excluding hydrogens is 656 g/mol. The zero-order chi connectivity index (χ0) is 35.8. The third-order valence-corrected chi connectivity index (χ3v) is 9.08. The summed E-state index contributed by atoms with van der Waals surface area (Å²) in [7, 11) is 0. The Balaban J connectivity index is 1.37. The molecule has 1 saturated heterocycles. The first kappa shape index (κ1) is 33.3. The molecular formula is C38H33F2N7O4. The number of hydrogen-bond donors (Lipinski definition) is 0. The van der Waals surface area contributed by atoms with Gasteiger partial charge >= 0.3 is 11.8 Å². The van der Waals surface area contributed by atoms with Crippen LogP contribution in [0, 0.1) is 29.9 Å². The number of nitrogens with zero attached hydrogens (tertiary/aromatic N) is 7. The van der Waals surface area contributed by atoms with Crippen molar-refractivity contribution in [3.8, 4) is 23.0 Å². The Morgan fingerprint density at radius 3 is 2.65 bits per heavy atom. The van der Waals surface area contributed by atoms with Gasteiger partial charge in [-0.15, -0.1) is 0 Å². The molecule has 7 rings (SSSR count). The summed E-state index contributed by atoms with van der Waals surface area (Å²) < 4.78 is 44.3. The maximum Gasteiger partial charge on any atom is 0.410 e. The number of carbonyl (C=O) groups is 1. The molecule has 5 heterocycles. The minimum Gasteiger partial charge on any atom is -0.464 e. The first-order valence-electron chi connectivity index (χ1n) is 16.5. The molecule has 258 valence electrons. The minimum atomic E-state index is -0.859. The van der Waals surface area contributed by atoms with E-state index in [1.54, 1.807) is 23.2 Å². The Morgan fingerprint density at radius 1 is 1.08 bits per heavy atom. The summed E-state index contributed by atoms with van der Waals surface area (Å²) in [5.74, 6) is -1.60. The van der Waals surface area contributed by atoms with E-state index in [2.05, 4.69) is 21.0 Å². The van der Waals surface area contributed by atoms with Crippen LogP contribution >= 0.6 is 0 Å². The quantitative estimate of drug-likeness (QED) is 0.173. The van der Waals surface area contributed by atoms with Gasteiger partial charge < -0.3 is 19.0 Å². The molecule has 0 saturated carbocycles. The first-order chi connectivity index (χ1) is 24.7. The molecule has 1 amide bonds. The first-order valence-corrected chi connectivity index (χ1v) is 16.5. The number of aryl methyl sites for hydroxylation is 1. The van der Waals surface area contributed by atoms with Gasteiger partial charge in [-0.2, -0.15) is 10.2 Å². The van der Waals surface area contributed by atoms with Crippen molar-refractivity contribution >= 4 is 33.9 Å². The summed E-state index contributed by atoms with van der Waals surface area (Å²) in [5, 5.41) is 10.4. The number of hydrogen-bond acceptors (Lipinski definition) is 9. The van der Waals surface area contributed by atoms with E-state index in [9.17, 15) is 14.9 Å². The molecule has 0 unspecified atom stereocenters. The van der Waals surface area contributed by atoms with Crippen molar-refractivity contribution in [1.29, 1.82) is 5.26 Å². The van der Waals surface area contributed by atoms with Gasteiger partial charge in [0, 0.05) is 31.2 Å². The molecule has 13 heteroatoms. The van der Waals surface area contributed by atoms with Gasteiger partial charge in [0.05, 0.1) is 47.1 Å². The monoisotopic (exact) mass is 689 g/mol. The van der Waals surface area contributed by atoms with Crippen LogP contribution in [-0.2, 0) is 11.3 Å². The van der Waals surface area contributed by atoms with Crippen LogP contribution in [0.15, 0.2) is 82.3 Å². The van der Waals surface area contributed by atoms with E-state index in [0.29, 0.717) is 22.3 Å². The Morgan fingerprint density at radius 2 is 1.88 bits per heavy atom. The average Bonchev–Trinajstić information content (AvgIpc) is 3.60. The third kappa shape index (κ3) is 6.14. The maximum absolute atomic E-state index is 16.3. The predicted octanol–water partition coefficient (Wildman–Crippen LogP) is 7.04. The lowest BCUT2D eigenvalue weighted by atomic mass is 10.0. The fourth-order valence-corrected chi connectivity index (χ4v) is 6.61. The number of piperazine rings is 1. The average molecular weight is 690 g/mol. The zero-order valence-electron chi connectivity index (χ0n) is 28.1. The summed E-state index contributed by atoms with van der Waals surface area (Å²) >= 11 is 0. The van der Waals surface area contributed by atoms with Crippen molar-refractivity contribution in [3.05, 3.63) is 112 Å². The number of benzene rings is 2. The Bertz CT molecular complexity index is 2390. The summed E-state index contributed by atoms with van der Waals surface area (Å²) in [6, 6.07) is 18.1.